The SMILES string of the molecule is C/C=C(\C)[C@@H](OC(=O)C(C)(C)NC(=O)OCC1c2ccccc2-c2ccccc21)[C@@H](C)[C@H](C/C=C(\C)C(=O)N(C)[C@H](CC(C)C)C(=O)N[C@@H](C)C(=O)N(C)[C@H](Cc1ccc(Cl)cc1)C(=O)N(C)CC(=O)N[C@H](C(=O)OCC(Cl)(Cl)Cl)[C@H](C)CC)OCSC. The number of allylic oxidation sites excluding steroid dienone is 1. The fourth-order valence-electron chi connectivity index (χ4n) is 10.2. The Labute approximate surface area is 543 Å². The first-order valence-corrected chi connectivity index (χ1v) is 32.3. The van der Waals surface area contributed by atoms with E-state index in [0.717, 1.165) is 32.7 Å². The van der Waals surface area contributed by atoms with Crippen LogP contribution in [0.5, 0.6) is 0 Å². The van der Waals surface area contributed by atoms with E-state index in [2.05, 4.69) is 16.0 Å². The van der Waals surface area contributed by atoms with Crippen LogP contribution in [-0.4, -0.2) is 161 Å². The summed E-state index contributed by atoms with van der Waals surface area (Å²) in [4.78, 5) is 115. The second-order valence-electron chi connectivity index (χ2n) is 23.5. The number of carbonyl (C=O) groups is 8. The number of alkyl halides is 3. The maximum absolute atomic E-state index is 14.4. The minimum atomic E-state index is -1.88. The number of ether oxygens (including phenoxy) is 4. The summed E-state index contributed by atoms with van der Waals surface area (Å²) in [6.07, 6.45) is 4.18. The third-order valence-electron chi connectivity index (χ3n) is 15.7. The number of fused-ring (bicyclic) bond motifs is 3. The van der Waals surface area contributed by atoms with E-state index in [-0.39, 0.29) is 43.6 Å². The van der Waals surface area contributed by atoms with Crippen molar-refractivity contribution in [1.29, 1.82) is 0 Å². The van der Waals surface area contributed by atoms with Crippen molar-refractivity contribution in [2.75, 3.05) is 53.1 Å². The number of hydrogen-bond acceptors (Lipinski definition) is 13. The molecule has 3 aromatic carbocycles. The Morgan fingerprint density at radius 2 is 1.38 bits per heavy atom. The molecule has 0 spiro atoms. The van der Waals surface area contributed by atoms with Crippen molar-refractivity contribution in [3.63, 3.8) is 0 Å². The summed E-state index contributed by atoms with van der Waals surface area (Å²) in [5, 5.41) is 8.59. The Kier molecular flexibility index (Phi) is 29.2. The van der Waals surface area contributed by atoms with Gasteiger partial charge in [-0.2, -0.15) is 0 Å². The number of amides is 6. The number of nitrogens with zero attached hydrogens (tertiary/aromatic N) is 3. The molecule has 4 rings (SSSR count). The maximum atomic E-state index is 14.4. The molecule has 0 saturated heterocycles. The zero-order chi connectivity index (χ0) is 66.0. The number of carbonyl (C=O) groups excluding carboxylic acids is 8. The molecule has 484 valence electrons. The number of benzene rings is 3. The molecule has 0 unspecified atom stereocenters. The molecule has 1 aliphatic carbocycles. The molecular formula is C65H88Cl4N6O12S. The average molecular weight is 1320 g/mol. The summed E-state index contributed by atoms with van der Waals surface area (Å²) in [7, 11) is 4.32. The molecule has 8 atom stereocenters. The quantitative estimate of drug-likeness (QED) is 0.0136. The van der Waals surface area contributed by atoms with E-state index >= 15 is 0 Å². The van der Waals surface area contributed by atoms with Gasteiger partial charge in [-0.3, -0.25) is 24.0 Å². The predicted octanol–water partition coefficient (Wildman–Crippen LogP) is 10.9. The Bertz CT molecular complexity index is 2930. The van der Waals surface area contributed by atoms with Gasteiger partial charge in [0.2, 0.25) is 33.3 Å². The van der Waals surface area contributed by atoms with Crippen LogP contribution in [0.15, 0.2) is 96.1 Å². The number of esters is 2. The van der Waals surface area contributed by atoms with Crippen molar-refractivity contribution in [1.82, 2.24) is 30.7 Å². The van der Waals surface area contributed by atoms with Gasteiger partial charge in [0.25, 0.3) is 0 Å². The van der Waals surface area contributed by atoms with Crippen LogP contribution in [0.1, 0.15) is 118 Å². The van der Waals surface area contributed by atoms with Crippen LogP contribution in [0.3, 0.4) is 0 Å². The van der Waals surface area contributed by atoms with Gasteiger partial charge in [-0.05, 0) is 118 Å². The van der Waals surface area contributed by atoms with Gasteiger partial charge in [-0.15, -0.1) is 11.8 Å². The Hall–Kier alpha value is -5.83. The number of halogens is 4. The fraction of sp³-hybridized carbons (Fsp3) is 0.538. The van der Waals surface area contributed by atoms with Crippen LogP contribution >= 0.6 is 58.2 Å². The number of rotatable bonds is 31. The summed E-state index contributed by atoms with van der Waals surface area (Å²) in [5.74, 6) is -5.40. The largest absolute Gasteiger partial charge is 0.460 e. The first kappa shape index (κ1) is 74.6. The van der Waals surface area contributed by atoms with Gasteiger partial charge < -0.3 is 49.6 Å². The van der Waals surface area contributed by atoms with Crippen LogP contribution in [0.4, 0.5) is 4.79 Å². The summed E-state index contributed by atoms with van der Waals surface area (Å²) in [6, 6.07) is 18.1. The third-order valence-corrected chi connectivity index (χ3v) is 16.7. The molecular weight excluding hydrogens is 1230 g/mol. The first-order chi connectivity index (χ1) is 41.3. The minimum Gasteiger partial charge on any atom is -0.460 e. The van der Waals surface area contributed by atoms with Crippen molar-refractivity contribution in [3.05, 3.63) is 118 Å². The van der Waals surface area contributed by atoms with Crippen LogP contribution in [-0.2, 0) is 58.9 Å². The lowest BCUT2D eigenvalue weighted by atomic mass is 9.90. The monoisotopic (exact) mass is 1320 g/mol. The van der Waals surface area contributed by atoms with E-state index in [4.69, 9.17) is 65.4 Å². The molecule has 18 nitrogen and oxygen atoms in total. The van der Waals surface area contributed by atoms with Gasteiger partial charge in [-0.1, -0.05) is 160 Å². The molecule has 6 amide bonds. The molecule has 0 heterocycles. The molecule has 88 heavy (non-hydrogen) atoms. The summed E-state index contributed by atoms with van der Waals surface area (Å²) in [6.45, 7) is 18.1. The van der Waals surface area contributed by atoms with Crippen molar-refractivity contribution in [2.45, 2.75) is 153 Å². The molecule has 0 radical (unpaired) electrons. The topological polar surface area (TPSA) is 219 Å². The number of likely N-dealkylation sites (N-methyl/N-ethyl adjacent to an activating group) is 3. The van der Waals surface area contributed by atoms with Crippen LogP contribution in [0.2, 0.25) is 5.02 Å². The van der Waals surface area contributed by atoms with E-state index in [1.54, 1.807) is 58.0 Å². The Morgan fingerprint density at radius 3 is 1.92 bits per heavy atom. The summed E-state index contributed by atoms with van der Waals surface area (Å²) < 4.78 is 21.7. The van der Waals surface area contributed by atoms with Gasteiger partial charge in [0.15, 0.2) is 0 Å². The normalized spacial score (nSPS) is 15.4. The third kappa shape index (κ3) is 21.4. The van der Waals surface area contributed by atoms with Gasteiger partial charge in [0, 0.05) is 50.0 Å². The average Bonchev–Trinajstić information content (AvgIpc) is 2.45. The van der Waals surface area contributed by atoms with Crippen molar-refractivity contribution >= 4 is 106 Å². The summed E-state index contributed by atoms with van der Waals surface area (Å²) >= 11 is 25.0. The predicted molar refractivity (Wildman–Crippen MR) is 348 cm³/mol. The number of nitrogens with one attached hydrogen (secondary N) is 3. The van der Waals surface area contributed by atoms with Crippen LogP contribution in [0, 0.1) is 17.8 Å². The molecule has 1 aliphatic rings. The molecule has 3 aromatic rings. The molecule has 0 aromatic heterocycles. The van der Waals surface area contributed by atoms with Gasteiger partial charge >= 0.3 is 18.0 Å². The van der Waals surface area contributed by atoms with Gasteiger partial charge in [0.1, 0.15) is 49.0 Å². The number of hydrogen-bond donors (Lipinski definition) is 3. The summed E-state index contributed by atoms with van der Waals surface area (Å²) in [5.41, 5.74) is 4.45. The van der Waals surface area contributed by atoms with E-state index in [0.29, 0.717) is 22.6 Å². The number of thioether (sulfide) groups is 1. The highest BCUT2D eigenvalue weighted by Gasteiger charge is 2.40. The zero-order valence-corrected chi connectivity index (χ0v) is 57.0. The lowest BCUT2D eigenvalue weighted by Crippen LogP contribution is -2.57. The highest BCUT2D eigenvalue weighted by Crippen LogP contribution is 2.44. The second-order valence-corrected chi connectivity index (χ2v) is 27.2. The molecule has 0 aliphatic heterocycles. The van der Waals surface area contributed by atoms with E-state index in [9.17, 15) is 38.4 Å². The van der Waals surface area contributed by atoms with Crippen molar-refractivity contribution in [2.24, 2.45) is 17.8 Å². The molecule has 23 heteroatoms. The molecule has 0 saturated carbocycles. The second kappa shape index (κ2) is 34.4. The van der Waals surface area contributed by atoms with E-state index < -0.39 is 118 Å². The van der Waals surface area contributed by atoms with Crippen LogP contribution in [0.25, 0.3) is 11.1 Å². The molecule has 3 N–H and O–H groups in total. The maximum Gasteiger partial charge on any atom is 0.408 e. The minimum absolute atomic E-state index is 0.00736. The standard InChI is InChI=1S/C65H88Cl4N6O12S/c1-16-39(5)55(61(81)85-36-65(67,68)69)71-54(76)34-73(12)60(80)52(33-44-27-29-45(66)30-28-44)75(14)59(79)43(9)70-57(77)51(32-38(3)4)74(13)58(78)41(7)26-31-53(86-37-88-15)42(8)56(40(6)17-2)87-62(82)64(10,11)72-63(83)84-35-50-48-24-20-18-22-46(48)47-23-19-21-25-49(47)50/h17-30,38-39,42-43,50-53,55-56H,16,31-37H2,1-15H3,(H,70,77)(H,71,76)(H,72,83)/b40-17+,41-26+/t39-,42+,43+,51-,52-,53+,55+,56-/m1/s1. The first-order valence-electron chi connectivity index (χ1n) is 29.4. The molecule has 0 bridgehead atoms. The van der Waals surface area contributed by atoms with Crippen molar-refractivity contribution in [3.8, 4) is 11.1 Å². The highest BCUT2D eigenvalue weighted by molar-refractivity contribution is 7.98. The van der Waals surface area contributed by atoms with Gasteiger partial charge in [-0.25, -0.2) is 14.4 Å². The highest BCUT2D eigenvalue weighted by atomic mass is 35.6. The smallest absolute Gasteiger partial charge is 0.408 e. The van der Waals surface area contributed by atoms with E-state index in [1.807, 2.05) is 102 Å². The fourth-order valence-corrected chi connectivity index (χ4v) is 10.8. The Morgan fingerprint density at radius 1 is 0.784 bits per heavy atom. The Balaban J connectivity index is 1.47. The number of alkyl carbamates (subject to hydrolysis) is 1. The zero-order valence-electron chi connectivity index (χ0n) is 53.2. The molecule has 0 fully saturated rings. The van der Waals surface area contributed by atoms with E-state index in [1.165, 1.54) is 49.6 Å². The lowest BCUT2D eigenvalue weighted by Gasteiger charge is -2.34. The van der Waals surface area contributed by atoms with Crippen LogP contribution < -0.4 is 16.0 Å². The van der Waals surface area contributed by atoms with Gasteiger partial charge in [0.05, 0.1) is 18.6 Å². The lowest BCUT2D eigenvalue weighted by molar-refractivity contribution is -0.158. The van der Waals surface area contributed by atoms with Crippen molar-refractivity contribution < 1.29 is 57.3 Å².